The number of carbonyl (C=O) groups is 1. The fourth-order valence-electron chi connectivity index (χ4n) is 1.75. The Morgan fingerprint density at radius 1 is 1.50 bits per heavy atom. The second-order valence-corrected chi connectivity index (χ2v) is 3.84. The van der Waals surface area contributed by atoms with E-state index in [4.69, 9.17) is 5.11 Å². The smallest absolute Gasteiger partial charge is 0.395 e. The number of nitrogens with one attached hydrogen (secondary N) is 1. The summed E-state index contributed by atoms with van der Waals surface area (Å²) in [6.07, 6.45) is -2.74. The zero-order valence-corrected chi connectivity index (χ0v) is 8.76. The number of halogens is 3. The maximum Gasteiger partial charge on any atom is 0.405 e. The molecule has 1 aliphatic rings. The first kappa shape index (κ1) is 13.2. The van der Waals surface area contributed by atoms with Crippen molar-refractivity contribution < 1.29 is 23.1 Å². The third-order valence-electron chi connectivity index (χ3n) is 2.54. The lowest BCUT2D eigenvalue weighted by Crippen LogP contribution is -2.43. The standard InChI is InChI=1S/C9H15F3N2O2/c10-9(11,12)6-13-8(16)4-14-3-1-2-7(14)5-15/h7,15H,1-6H2,(H,13,16)/t7-/m0/s1. The molecule has 0 aliphatic carbocycles. The van der Waals surface area contributed by atoms with Crippen molar-refractivity contribution in [1.29, 1.82) is 0 Å². The first-order chi connectivity index (χ1) is 7.42. The van der Waals surface area contributed by atoms with E-state index in [0.29, 0.717) is 6.54 Å². The van der Waals surface area contributed by atoms with Crippen molar-refractivity contribution in [2.45, 2.75) is 25.1 Å². The summed E-state index contributed by atoms with van der Waals surface area (Å²) in [7, 11) is 0. The van der Waals surface area contributed by atoms with E-state index in [2.05, 4.69) is 0 Å². The van der Waals surface area contributed by atoms with Crippen LogP contribution in [0.5, 0.6) is 0 Å². The highest BCUT2D eigenvalue weighted by molar-refractivity contribution is 5.78. The van der Waals surface area contributed by atoms with Gasteiger partial charge in [-0.3, -0.25) is 9.69 Å². The first-order valence-electron chi connectivity index (χ1n) is 5.11. The first-order valence-corrected chi connectivity index (χ1v) is 5.11. The molecule has 7 heteroatoms. The molecule has 1 saturated heterocycles. The van der Waals surface area contributed by atoms with Crippen LogP contribution >= 0.6 is 0 Å². The third-order valence-corrected chi connectivity index (χ3v) is 2.54. The highest BCUT2D eigenvalue weighted by Crippen LogP contribution is 2.16. The number of amides is 1. The summed E-state index contributed by atoms with van der Waals surface area (Å²) in [6.45, 7) is -0.804. The summed E-state index contributed by atoms with van der Waals surface area (Å²) < 4.78 is 35.4. The summed E-state index contributed by atoms with van der Waals surface area (Å²) in [5.74, 6) is -0.655. The number of aliphatic hydroxyl groups excluding tert-OH is 1. The predicted octanol–water partition coefficient (Wildman–Crippen LogP) is 0.122. The molecule has 0 saturated carbocycles. The molecule has 0 spiro atoms. The van der Waals surface area contributed by atoms with E-state index in [1.54, 1.807) is 10.2 Å². The van der Waals surface area contributed by atoms with Crippen LogP contribution in [-0.4, -0.2) is 54.4 Å². The van der Waals surface area contributed by atoms with E-state index in [0.717, 1.165) is 12.8 Å². The van der Waals surface area contributed by atoms with Crippen LogP contribution < -0.4 is 5.32 Å². The number of alkyl halides is 3. The van der Waals surface area contributed by atoms with Gasteiger partial charge in [-0.2, -0.15) is 13.2 Å². The van der Waals surface area contributed by atoms with Gasteiger partial charge in [0, 0.05) is 6.04 Å². The van der Waals surface area contributed by atoms with Gasteiger partial charge in [0.05, 0.1) is 13.2 Å². The molecule has 4 nitrogen and oxygen atoms in total. The minimum absolute atomic E-state index is 0.0629. The zero-order valence-electron chi connectivity index (χ0n) is 8.76. The Kier molecular flexibility index (Phi) is 4.55. The lowest BCUT2D eigenvalue weighted by molar-refractivity contribution is -0.139. The molecule has 2 N–H and O–H groups in total. The molecule has 0 bridgehead atoms. The number of hydrogen-bond acceptors (Lipinski definition) is 3. The molecule has 1 aliphatic heterocycles. The number of rotatable bonds is 4. The van der Waals surface area contributed by atoms with Gasteiger partial charge in [-0.05, 0) is 19.4 Å². The molecule has 94 valence electrons. The molecule has 1 heterocycles. The largest absolute Gasteiger partial charge is 0.405 e. The Hall–Kier alpha value is -0.820. The van der Waals surface area contributed by atoms with Crippen molar-refractivity contribution in [2.24, 2.45) is 0 Å². The van der Waals surface area contributed by atoms with E-state index >= 15 is 0 Å². The van der Waals surface area contributed by atoms with E-state index in [1.165, 1.54) is 0 Å². The zero-order chi connectivity index (χ0) is 12.2. The fraction of sp³-hybridized carbons (Fsp3) is 0.889. The molecular formula is C9H15F3N2O2. The van der Waals surface area contributed by atoms with Crippen LogP contribution in [0.25, 0.3) is 0 Å². The Bertz CT molecular complexity index is 245. The molecule has 0 aromatic heterocycles. The van der Waals surface area contributed by atoms with Gasteiger partial charge in [0.2, 0.25) is 5.91 Å². The van der Waals surface area contributed by atoms with Crippen molar-refractivity contribution in [3.63, 3.8) is 0 Å². The van der Waals surface area contributed by atoms with Gasteiger partial charge in [0.1, 0.15) is 6.54 Å². The van der Waals surface area contributed by atoms with Crippen molar-refractivity contribution in [1.82, 2.24) is 10.2 Å². The monoisotopic (exact) mass is 240 g/mol. The molecule has 0 aromatic carbocycles. The molecule has 0 unspecified atom stereocenters. The van der Waals surface area contributed by atoms with Gasteiger partial charge in [0.15, 0.2) is 0 Å². The van der Waals surface area contributed by atoms with E-state index < -0.39 is 18.6 Å². The van der Waals surface area contributed by atoms with E-state index in [1.807, 2.05) is 0 Å². The van der Waals surface area contributed by atoms with Crippen molar-refractivity contribution in [3.8, 4) is 0 Å². The third kappa shape index (κ3) is 4.36. The van der Waals surface area contributed by atoms with Crippen LogP contribution in [0.15, 0.2) is 0 Å². The summed E-state index contributed by atoms with van der Waals surface area (Å²) in [6, 6.07) is -0.100. The average molecular weight is 240 g/mol. The SMILES string of the molecule is O=C(CN1CCC[C@H]1CO)NCC(F)(F)F. The molecule has 1 rings (SSSR count). The van der Waals surface area contributed by atoms with Crippen molar-refractivity contribution >= 4 is 5.91 Å². The molecule has 1 amide bonds. The van der Waals surface area contributed by atoms with Crippen LogP contribution in [0.3, 0.4) is 0 Å². The molecule has 0 radical (unpaired) electrons. The maximum absolute atomic E-state index is 11.8. The summed E-state index contributed by atoms with van der Waals surface area (Å²) in [5.41, 5.74) is 0. The predicted molar refractivity (Wildman–Crippen MR) is 50.7 cm³/mol. The molecular weight excluding hydrogens is 225 g/mol. The fourth-order valence-corrected chi connectivity index (χ4v) is 1.75. The van der Waals surface area contributed by atoms with E-state index in [9.17, 15) is 18.0 Å². The minimum atomic E-state index is -4.38. The number of likely N-dealkylation sites (tertiary alicyclic amines) is 1. The highest BCUT2D eigenvalue weighted by Gasteiger charge is 2.29. The Morgan fingerprint density at radius 2 is 2.19 bits per heavy atom. The van der Waals surface area contributed by atoms with Gasteiger partial charge in [-0.1, -0.05) is 0 Å². The number of aliphatic hydroxyl groups is 1. The number of hydrogen-bond donors (Lipinski definition) is 2. The van der Waals surface area contributed by atoms with Crippen LogP contribution in [-0.2, 0) is 4.79 Å². The second kappa shape index (κ2) is 5.49. The topological polar surface area (TPSA) is 52.6 Å². The quantitative estimate of drug-likeness (QED) is 0.734. The van der Waals surface area contributed by atoms with Crippen LogP contribution in [0.1, 0.15) is 12.8 Å². The molecule has 16 heavy (non-hydrogen) atoms. The van der Waals surface area contributed by atoms with Gasteiger partial charge in [0.25, 0.3) is 0 Å². The van der Waals surface area contributed by atoms with Crippen molar-refractivity contribution in [2.75, 3.05) is 26.2 Å². The Balaban J connectivity index is 2.28. The lowest BCUT2D eigenvalue weighted by Gasteiger charge is -2.21. The van der Waals surface area contributed by atoms with Gasteiger partial charge in [-0.25, -0.2) is 0 Å². The Labute approximate surface area is 91.4 Å². The van der Waals surface area contributed by atoms with Crippen molar-refractivity contribution in [3.05, 3.63) is 0 Å². The molecule has 1 atom stereocenters. The Morgan fingerprint density at radius 3 is 2.75 bits per heavy atom. The average Bonchev–Trinajstić information content (AvgIpc) is 2.61. The lowest BCUT2D eigenvalue weighted by atomic mass is 10.2. The highest BCUT2D eigenvalue weighted by atomic mass is 19.4. The van der Waals surface area contributed by atoms with Crippen LogP contribution in [0.4, 0.5) is 13.2 Å². The van der Waals surface area contributed by atoms with Gasteiger partial charge in [-0.15, -0.1) is 0 Å². The second-order valence-electron chi connectivity index (χ2n) is 3.84. The summed E-state index contributed by atoms with van der Waals surface area (Å²) in [5, 5.41) is 10.8. The normalized spacial score (nSPS) is 22.4. The van der Waals surface area contributed by atoms with Crippen LogP contribution in [0, 0.1) is 0 Å². The minimum Gasteiger partial charge on any atom is -0.395 e. The number of carbonyl (C=O) groups excluding carboxylic acids is 1. The van der Waals surface area contributed by atoms with Gasteiger partial charge >= 0.3 is 6.18 Å². The number of nitrogens with zero attached hydrogens (tertiary/aromatic N) is 1. The summed E-state index contributed by atoms with van der Waals surface area (Å²) in [4.78, 5) is 12.9. The maximum atomic E-state index is 11.8. The van der Waals surface area contributed by atoms with Gasteiger partial charge < -0.3 is 10.4 Å². The van der Waals surface area contributed by atoms with E-state index in [-0.39, 0.29) is 19.2 Å². The summed E-state index contributed by atoms with van der Waals surface area (Å²) >= 11 is 0. The molecule has 1 fully saturated rings. The van der Waals surface area contributed by atoms with Crippen LogP contribution in [0.2, 0.25) is 0 Å². The molecule has 0 aromatic rings.